The molecule has 1 amide bonds. The third-order valence-corrected chi connectivity index (χ3v) is 6.21. The second kappa shape index (κ2) is 7.27. The maximum Gasteiger partial charge on any atom is 0.264 e. The quantitative estimate of drug-likeness (QED) is 0.623. The van der Waals surface area contributed by atoms with Gasteiger partial charge in [0.05, 0.1) is 4.88 Å². The first-order valence-corrected chi connectivity index (χ1v) is 10.2. The van der Waals surface area contributed by atoms with Gasteiger partial charge in [0.25, 0.3) is 5.91 Å². The van der Waals surface area contributed by atoms with E-state index in [4.69, 9.17) is 4.52 Å². The normalized spacial score (nSPS) is 17.0. The Bertz CT molecular complexity index is 946. The van der Waals surface area contributed by atoms with Crippen LogP contribution in [0.2, 0.25) is 0 Å². The van der Waals surface area contributed by atoms with Crippen molar-refractivity contribution in [3.8, 4) is 10.4 Å². The number of benzene rings is 1. The predicted molar refractivity (Wildman–Crippen MR) is 106 cm³/mol. The highest BCUT2D eigenvalue weighted by molar-refractivity contribution is 7.17. The van der Waals surface area contributed by atoms with Crippen LogP contribution in [0.3, 0.4) is 0 Å². The highest BCUT2D eigenvalue weighted by Gasteiger charge is 2.35. The van der Waals surface area contributed by atoms with Crippen molar-refractivity contribution in [1.82, 2.24) is 15.0 Å². The number of aromatic nitrogens is 2. The van der Waals surface area contributed by atoms with Gasteiger partial charge in [-0.1, -0.05) is 49.3 Å². The summed E-state index contributed by atoms with van der Waals surface area (Å²) < 4.78 is 5.47. The summed E-state index contributed by atoms with van der Waals surface area (Å²) in [6.45, 7) is 6.85. The first-order chi connectivity index (χ1) is 13.0. The minimum absolute atomic E-state index is 0.0529. The summed E-state index contributed by atoms with van der Waals surface area (Å²) in [4.78, 5) is 21.5. The number of thiophene rings is 1. The van der Waals surface area contributed by atoms with Crippen LogP contribution in [0.4, 0.5) is 0 Å². The van der Waals surface area contributed by atoms with Crippen molar-refractivity contribution >= 4 is 17.2 Å². The van der Waals surface area contributed by atoms with Crippen LogP contribution in [0.15, 0.2) is 40.9 Å². The molecule has 1 aliphatic rings. The summed E-state index contributed by atoms with van der Waals surface area (Å²) in [6.07, 6.45) is 1.81. The predicted octanol–water partition coefficient (Wildman–Crippen LogP) is 5.21. The Hall–Kier alpha value is -2.47. The van der Waals surface area contributed by atoms with Crippen molar-refractivity contribution in [2.24, 2.45) is 0 Å². The van der Waals surface area contributed by atoms with Crippen molar-refractivity contribution in [2.75, 3.05) is 6.54 Å². The molecule has 1 aliphatic heterocycles. The zero-order valence-corrected chi connectivity index (χ0v) is 16.6. The molecular weight excluding hydrogens is 358 g/mol. The van der Waals surface area contributed by atoms with Gasteiger partial charge in [-0.15, -0.1) is 11.3 Å². The molecule has 0 bridgehead atoms. The molecule has 0 spiro atoms. The molecule has 5 nitrogen and oxygen atoms in total. The number of nitrogens with zero attached hydrogens (tertiary/aromatic N) is 3. The van der Waals surface area contributed by atoms with Gasteiger partial charge >= 0.3 is 0 Å². The van der Waals surface area contributed by atoms with E-state index in [-0.39, 0.29) is 17.9 Å². The van der Waals surface area contributed by atoms with Gasteiger partial charge in [0.15, 0.2) is 5.82 Å². The molecule has 0 saturated carbocycles. The summed E-state index contributed by atoms with van der Waals surface area (Å²) in [5, 5.41) is 4.06. The van der Waals surface area contributed by atoms with E-state index >= 15 is 0 Å². The molecule has 6 heteroatoms. The summed E-state index contributed by atoms with van der Waals surface area (Å²) in [6, 6.07) is 12.1. The van der Waals surface area contributed by atoms with Crippen molar-refractivity contribution < 1.29 is 9.32 Å². The number of aryl methyl sites for hydroxylation is 1. The molecule has 0 unspecified atom stereocenters. The fourth-order valence-corrected chi connectivity index (χ4v) is 4.62. The molecule has 0 radical (unpaired) electrons. The Morgan fingerprint density at radius 2 is 2.07 bits per heavy atom. The van der Waals surface area contributed by atoms with Gasteiger partial charge in [-0.3, -0.25) is 4.79 Å². The summed E-state index contributed by atoms with van der Waals surface area (Å²) in [5.41, 5.74) is 2.28. The minimum atomic E-state index is -0.125. The van der Waals surface area contributed by atoms with Crippen LogP contribution in [-0.2, 0) is 0 Å². The maximum absolute atomic E-state index is 13.2. The second-order valence-electron chi connectivity index (χ2n) is 7.29. The highest BCUT2D eigenvalue weighted by Crippen LogP contribution is 2.37. The summed E-state index contributed by atoms with van der Waals surface area (Å²) >= 11 is 1.56. The number of hydrogen-bond donors (Lipinski definition) is 0. The van der Waals surface area contributed by atoms with E-state index in [0.717, 1.165) is 40.3 Å². The average molecular weight is 382 g/mol. The van der Waals surface area contributed by atoms with E-state index in [1.165, 1.54) is 0 Å². The molecule has 4 rings (SSSR count). The molecule has 140 valence electrons. The van der Waals surface area contributed by atoms with Gasteiger partial charge < -0.3 is 9.42 Å². The molecule has 1 fully saturated rings. The number of carbonyl (C=O) groups is 1. The van der Waals surface area contributed by atoms with Crippen molar-refractivity contribution in [3.63, 3.8) is 0 Å². The molecule has 2 aromatic heterocycles. The van der Waals surface area contributed by atoms with Crippen LogP contribution in [0.1, 0.15) is 65.6 Å². The lowest BCUT2D eigenvalue weighted by Gasteiger charge is -2.21. The summed E-state index contributed by atoms with van der Waals surface area (Å²) in [5.74, 6) is 1.52. The minimum Gasteiger partial charge on any atom is -0.337 e. The fourth-order valence-electron chi connectivity index (χ4n) is 3.49. The number of carbonyl (C=O) groups excluding carboxylic acids is 1. The molecule has 1 aromatic carbocycles. The van der Waals surface area contributed by atoms with E-state index in [2.05, 4.69) is 29.2 Å². The van der Waals surface area contributed by atoms with E-state index in [1.807, 2.05) is 43.0 Å². The third kappa shape index (κ3) is 3.41. The van der Waals surface area contributed by atoms with Crippen LogP contribution < -0.4 is 0 Å². The number of hydrogen-bond acceptors (Lipinski definition) is 5. The molecular formula is C21H23N3O2S. The van der Waals surface area contributed by atoms with E-state index < -0.39 is 0 Å². The Morgan fingerprint density at radius 1 is 1.30 bits per heavy atom. The Kier molecular flexibility index (Phi) is 4.83. The van der Waals surface area contributed by atoms with Crippen molar-refractivity contribution in [3.05, 3.63) is 58.6 Å². The molecule has 27 heavy (non-hydrogen) atoms. The Morgan fingerprint density at radius 3 is 2.78 bits per heavy atom. The lowest BCUT2D eigenvalue weighted by atomic mass is 10.1. The summed E-state index contributed by atoms with van der Waals surface area (Å²) in [7, 11) is 0. The Labute approximate surface area is 163 Å². The molecule has 3 aromatic rings. The van der Waals surface area contributed by atoms with Gasteiger partial charge in [-0.25, -0.2) is 0 Å². The third-order valence-electron chi connectivity index (χ3n) is 4.94. The van der Waals surface area contributed by atoms with Crippen LogP contribution in [0.25, 0.3) is 10.4 Å². The first kappa shape index (κ1) is 17.9. The molecule has 1 atom stereocenters. The van der Waals surface area contributed by atoms with E-state index in [1.54, 1.807) is 11.3 Å². The standard InChI is InChI=1S/C21H23N3O2S/c1-13(2)19-22-20(26-23-19)16-10-7-11-24(16)21(25)17-12-14(3)18(27-17)15-8-5-4-6-9-15/h4-6,8-9,12-13,16H,7,10-11H2,1-3H3/t16-/m0/s1. The SMILES string of the molecule is Cc1cc(C(=O)N2CCC[C@H]2c2nc(C(C)C)no2)sc1-c1ccccc1. The monoisotopic (exact) mass is 381 g/mol. The molecule has 1 saturated heterocycles. The highest BCUT2D eigenvalue weighted by atomic mass is 32.1. The smallest absolute Gasteiger partial charge is 0.264 e. The van der Waals surface area contributed by atoms with Crippen molar-refractivity contribution in [2.45, 2.75) is 45.6 Å². The van der Waals surface area contributed by atoms with Crippen molar-refractivity contribution in [1.29, 1.82) is 0 Å². The molecule has 3 heterocycles. The average Bonchev–Trinajstić information content (AvgIpc) is 3.40. The largest absolute Gasteiger partial charge is 0.337 e. The first-order valence-electron chi connectivity index (χ1n) is 9.35. The van der Waals surface area contributed by atoms with E-state index in [9.17, 15) is 4.79 Å². The van der Waals surface area contributed by atoms with E-state index in [0.29, 0.717) is 11.7 Å². The molecule has 0 N–H and O–H groups in total. The molecule has 0 aliphatic carbocycles. The van der Waals surface area contributed by atoms with Gasteiger partial charge in [-0.05, 0) is 37.0 Å². The lowest BCUT2D eigenvalue weighted by Crippen LogP contribution is -2.30. The van der Waals surface area contributed by atoms with Crippen LogP contribution in [0.5, 0.6) is 0 Å². The number of rotatable bonds is 4. The number of amides is 1. The lowest BCUT2D eigenvalue weighted by molar-refractivity contribution is 0.0715. The second-order valence-corrected chi connectivity index (χ2v) is 8.34. The Balaban J connectivity index is 1.60. The zero-order chi connectivity index (χ0) is 19.0. The fraction of sp³-hybridized carbons (Fsp3) is 0.381. The number of likely N-dealkylation sites (tertiary alicyclic amines) is 1. The van der Waals surface area contributed by atoms with Gasteiger partial charge in [0.2, 0.25) is 5.89 Å². The van der Waals surface area contributed by atoms with Gasteiger partial charge in [-0.2, -0.15) is 4.98 Å². The zero-order valence-electron chi connectivity index (χ0n) is 15.8. The van der Waals surface area contributed by atoms with Crippen LogP contribution in [-0.4, -0.2) is 27.5 Å². The van der Waals surface area contributed by atoms with Crippen LogP contribution in [0, 0.1) is 6.92 Å². The van der Waals surface area contributed by atoms with Gasteiger partial charge in [0.1, 0.15) is 6.04 Å². The maximum atomic E-state index is 13.2. The topological polar surface area (TPSA) is 59.2 Å². The van der Waals surface area contributed by atoms with Crippen LogP contribution >= 0.6 is 11.3 Å². The van der Waals surface area contributed by atoms with Gasteiger partial charge in [0, 0.05) is 17.3 Å².